The van der Waals surface area contributed by atoms with Gasteiger partial charge in [0.05, 0.1) is 15.8 Å². The van der Waals surface area contributed by atoms with E-state index in [1.807, 2.05) is 6.92 Å². The van der Waals surface area contributed by atoms with Crippen molar-refractivity contribution in [3.63, 3.8) is 0 Å². The van der Waals surface area contributed by atoms with E-state index in [0.717, 1.165) is 16.9 Å². The minimum Gasteiger partial charge on any atom is -0.468 e. The molecule has 30 heavy (non-hydrogen) atoms. The van der Waals surface area contributed by atoms with Crippen LogP contribution in [0, 0.1) is 6.92 Å². The molecule has 0 bridgehead atoms. The van der Waals surface area contributed by atoms with Gasteiger partial charge in [0.15, 0.2) is 0 Å². The van der Waals surface area contributed by atoms with Crippen LogP contribution in [-0.4, -0.2) is 42.5 Å². The van der Waals surface area contributed by atoms with Crippen molar-refractivity contribution in [1.29, 1.82) is 0 Å². The summed E-state index contributed by atoms with van der Waals surface area (Å²) < 4.78 is 59.9. The Bertz CT molecular complexity index is 1070. The van der Waals surface area contributed by atoms with Gasteiger partial charge in [-0.05, 0) is 66.4 Å². The fraction of sp³-hybridized carbons (Fsp3) is 0.389. The van der Waals surface area contributed by atoms with Crippen LogP contribution in [0.2, 0.25) is 0 Å². The third-order valence-corrected chi connectivity index (χ3v) is 9.20. The molecule has 1 unspecified atom stereocenters. The average Bonchev–Trinajstić information content (AvgIpc) is 3.13. The lowest BCUT2D eigenvalue weighted by Gasteiger charge is -2.17. The second-order valence-electron chi connectivity index (χ2n) is 6.46. The highest BCUT2D eigenvalue weighted by atomic mass is 79.9. The van der Waals surface area contributed by atoms with Gasteiger partial charge in [0.1, 0.15) is 10.3 Å². The van der Waals surface area contributed by atoms with Crippen LogP contribution in [0.4, 0.5) is 0 Å². The molecule has 1 atom stereocenters. The first-order chi connectivity index (χ1) is 14.0. The lowest BCUT2D eigenvalue weighted by atomic mass is 10.1. The van der Waals surface area contributed by atoms with E-state index in [9.17, 15) is 21.6 Å². The van der Waals surface area contributed by atoms with Crippen molar-refractivity contribution >= 4 is 53.3 Å². The minimum atomic E-state index is -3.90. The van der Waals surface area contributed by atoms with E-state index in [1.54, 1.807) is 18.2 Å². The summed E-state index contributed by atoms with van der Waals surface area (Å²) in [4.78, 5) is 12.1. The van der Waals surface area contributed by atoms with Gasteiger partial charge in [-0.2, -0.15) is 4.72 Å². The second kappa shape index (κ2) is 10.8. The fourth-order valence-corrected chi connectivity index (χ4v) is 6.88. The van der Waals surface area contributed by atoms with Gasteiger partial charge < -0.3 is 4.74 Å². The number of nitrogens with one attached hydrogen (secondary N) is 2. The Morgan fingerprint density at radius 2 is 1.73 bits per heavy atom. The molecule has 1 heterocycles. The van der Waals surface area contributed by atoms with Crippen LogP contribution in [0.3, 0.4) is 0 Å². The predicted octanol–water partition coefficient (Wildman–Crippen LogP) is 2.79. The summed E-state index contributed by atoms with van der Waals surface area (Å²) in [7, 11) is -6.31. The molecule has 0 radical (unpaired) electrons. The van der Waals surface area contributed by atoms with Gasteiger partial charge in [-0.25, -0.2) is 21.6 Å². The lowest BCUT2D eigenvalue weighted by Crippen LogP contribution is -2.41. The Morgan fingerprint density at radius 1 is 1.07 bits per heavy atom. The molecule has 2 rings (SSSR count). The fourth-order valence-electron chi connectivity index (χ4n) is 2.53. The molecule has 0 saturated heterocycles. The molecule has 0 amide bonds. The van der Waals surface area contributed by atoms with Gasteiger partial charge in [0, 0.05) is 6.54 Å². The monoisotopic (exact) mass is 538 g/mol. The van der Waals surface area contributed by atoms with Gasteiger partial charge in [-0.15, -0.1) is 11.3 Å². The summed E-state index contributed by atoms with van der Waals surface area (Å²) in [5.74, 6) is -0.699. The molecule has 0 aliphatic rings. The van der Waals surface area contributed by atoms with E-state index in [1.165, 1.54) is 25.3 Å². The topological polar surface area (TPSA) is 119 Å². The van der Waals surface area contributed by atoms with Crippen LogP contribution in [-0.2, 0) is 29.6 Å². The van der Waals surface area contributed by atoms with Crippen molar-refractivity contribution in [2.45, 2.75) is 41.3 Å². The number of ether oxygens (including phenoxy) is 1. The third kappa shape index (κ3) is 7.13. The number of sulfonamides is 2. The molecule has 8 nitrogen and oxygen atoms in total. The first kappa shape index (κ1) is 25.0. The van der Waals surface area contributed by atoms with Gasteiger partial charge in [-0.1, -0.05) is 17.7 Å². The van der Waals surface area contributed by atoms with Crippen molar-refractivity contribution in [2.24, 2.45) is 0 Å². The first-order valence-electron chi connectivity index (χ1n) is 8.97. The van der Waals surface area contributed by atoms with Crippen LogP contribution < -0.4 is 9.44 Å². The number of thiophene rings is 1. The number of benzene rings is 1. The van der Waals surface area contributed by atoms with Crippen molar-refractivity contribution < 1.29 is 26.4 Å². The smallest absolute Gasteiger partial charge is 0.323 e. The summed E-state index contributed by atoms with van der Waals surface area (Å²) in [6.07, 6.45) is 1.00. The van der Waals surface area contributed by atoms with E-state index in [4.69, 9.17) is 4.74 Å². The van der Waals surface area contributed by atoms with Crippen molar-refractivity contribution in [1.82, 2.24) is 9.44 Å². The lowest BCUT2D eigenvalue weighted by molar-refractivity contribution is -0.142. The Morgan fingerprint density at radius 3 is 2.30 bits per heavy atom. The van der Waals surface area contributed by atoms with Crippen LogP contribution in [0.15, 0.2) is 49.3 Å². The minimum absolute atomic E-state index is 0.0527. The molecule has 12 heteroatoms. The Balaban J connectivity index is 1.91. The summed E-state index contributed by atoms with van der Waals surface area (Å²) in [5, 5.41) is 0. The molecule has 0 aliphatic heterocycles. The van der Waals surface area contributed by atoms with Gasteiger partial charge in [0.25, 0.3) is 0 Å². The van der Waals surface area contributed by atoms with E-state index >= 15 is 0 Å². The molecule has 1 aromatic carbocycles. The Hall–Kier alpha value is -1.31. The van der Waals surface area contributed by atoms with Gasteiger partial charge in [-0.3, -0.25) is 4.79 Å². The molecule has 2 N–H and O–H groups in total. The normalized spacial score (nSPS) is 13.2. The number of halogens is 1. The first-order valence-corrected chi connectivity index (χ1v) is 13.5. The molecular formula is C18H23BrN2O6S3. The Kier molecular flexibility index (Phi) is 9.00. The SMILES string of the molecule is COC(=O)C(CCCCNS(=O)(=O)c1ccc(Br)s1)NS(=O)(=O)c1ccc(C)cc1. The standard InChI is InChI=1S/C18H23BrN2O6S3/c1-13-6-8-14(9-7-13)29(23,24)21-15(18(22)27-2)5-3-4-12-20-30(25,26)17-11-10-16(19)28-17/h6-11,15,20-21H,3-5,12H2,1-2H3. The highest BCUT2D eigenvalue weighted by molar-refractivity contribution is 9.11. The summed E-state index contributed by atoms with van der Waals surface area (Å²) in [6.45, 7) is 2.00. The highest BCUT2D eigenvalue weighted by Crippen LogP contribution is 2.25. The van der Waals surface area contributed by atoms with E-state index < -0.39 is 32.1 Å². The zero-order chi connectivity index (χ0) is 22.4. The number of hydrogen-bond acceptors (Lipinski definition) is 7. The maximum Gasteiger partial charge on any atom is 0.323 e. The van der Waals surface area contributed by atoms with Crippen LogP contribution in [0.5, 0.6) is 0 Å². The quantitative estimate of drug-likeness (QED) is 0.335. The third-order valence-electron chi connectivity index (χ3n) is 4.14. The van der Waals surface area contributed by atoms with E-state index in [2.05, 4.69) is 25.4 Å². The summed E-state index contributed by atoms with van der Waals surface area (Å²) in [6, 6.07) is 8.35. The number of aryl methyl sites for hydroxylation is 1. The molecular weight excluding hydrogens is 516 g/mol. The zero-order valence-electron chi connectivity index (χ0n) is 16.4. The average molecular weight is 539 g/mol. The molecule has 0 fully saturated rings. The van der Waals surface area contributed by atoms with Gasteiger partial charge >= 0.3 is 5.97 Å². The number of methoxy groups -OCH3 is 1. The molecule has 0 saturated carbocycles. The van der Waals surface area contributed by atoms with E-state index in [0.29, 0.717) is 16.6 Å². The largest absolute Gasteiger partial charge is 0.468 e. The molecule has 0 aliphatic carbocycles. The number of carbonyl (C=O) groups is 1. The maximum absolute atomic E-state index is 12.5. The number of unbranched alkanes of at least 4 members (excludes halogenated alkanes) is 1. The van der Waals surface area contributed by atoms with Crippen LogP contribution in [0.25, 0.3) is 0 Å². The van der Waals surface area contributed by atoms with Crippen molar-refractivity contribution in [2.75, 3.05) is 13.7 Å². The molecule has 2 aromatic rings. The number of rotatable bonds is 11. The predicted molar refractivity (Wildman–Crippen MR) is 118 cm³/mol. The molecule has 1 aromatic heterocycles. The molecule has 166 valence electrons. The van der Waals surface area contributed by atoms with Crippen molar-refractivity contribution in [3.05, 3.63) is 45.7 Å². The van der Waals surface area contributed by atoms with Crippen LogP contribution in [0.1, 0.15) is 24.8 Å². The number of esters is 1. The summed E-state index contributed by atoms with van der Waals surface area (Å²) in [5.41, 5.74) is 0.913. The molecule has 0 spiro atoms. The second-order valence-corrected chi connectivity index (χ2v) is 12.6. The Labute approximate surface area is 189 Å². The number of carbonyl (C=O) groups excluding carboxylic acids is 1. The maximum atomic E-state index is 12.5. The highest BCUT2D eigenvalue weighted by Gasteiger charge is 2.26. The van der Waals surface area contributed by atoms with Gasteiger partial charge in [0.2, 0.25) is 20.0 Å². The van der Waals surface area contributed by atoms with E-state index in [-0.39, 0.29) is 22.1 Å². The zero-order valence-corrected chi connectivity index (χ0v) is 20.5. The number of hydrogen-bond donors (Lipinski definition) is 2. The van der Waals surface area contributed by atoms with Crippen LogP contribution >= 0.6 is 27.3 Å². The summed E-state index contributed by atoms with van der Waals surface area (Å²) >= 11 is 4.33. The van der Waals surface area contributed by atoms with Crippen molar-refractivity contribution in [3.8, 4) is 0 Å².